The van der Waals surface area contributed by atoms with Crippen LogP contribution in [0, 0.1) is 12.8 Å². The first-order chi connectivity index (χ1) is 8.06. The summed E-state index contributed by atoms with van der Waals surface area (Å²) >= 11 is 0. The van der Waals surface area contributed by atoms with Crippen LogP contribution in [0.25, 0.3) is 0 Å². The lowest BCUT2D eigenvalue weighted by molar-refractivity contribution is 0.114. The van der Waals surface area contributed by atoms with Gasteiger partial charge in [-0.2, -0.15) is 4.98 Å². The van der Waals surface area contributed by atoms with Gasteiger partial charge in [0.25, 0.3) is 0 Å². The van der Waals surface area contributed by atoms with Gasteiger partial charge in [0.2, 0.25) is 5.95 Å². The Morgan fingerprint density at radius 1 is 1.35 bits per heavy atom. The van der Waals surface area contributed by atoms with Crippen LogP contribution < -0.4 is 11.1 Å². The van der Waals surface area contributed by atoms with Gasteiger partial charge in [-0.1, -0.05) is 26.7 Å². The number of aliphatic hydroxyl groups is 1. The SMILES string of the molecule is CCC(CC)C(O)CNc1cc(C)nc(N)n1. The average molecular weight is 238 g/mol. The second-order valence-electron chi connectivity index (χ2n) is 4.28. The molecule has 0 aliphatic carbocycles. The molecule has 0 spiro atoms. The van der Waals surface area contributed by atoms with Crippen molar-refractivity contribution in [3.05, 3.63) is 11.8 Å². The monoisotopic (exact) mass is 238 g/mol. The molecule has 1 aromatic rings. The van der Waals surface area contributed by atoms with Crippen LogP contribution in [0.15, 0.2) is 6.07 Å². The number of hydrogen-bond acceptors (Lipinski definition) is 5. The van der Waals surface area contributed by atoms with Crippen molar-refractivity contribution in [3.8, 4) is 0 Å². The molecule has 17 heavy (non-hydrogen) atoms. The fourth-order valence-corrected chi connectivity index (χ4v) is 1.89. The molecule has 0 saturated carbocycles. The molecular weight excluding hydrogens is 216 g/mol. The molecule has 96 valence electrons. The van der Waals surface area contributed by atoms with E-state index < -0.39 is 0 Å². The third-order valence-electron chi connectivity index (χ3n) is 2.96. The summed E-state index contributed by atoms with van der Waals surface area (Å²) in [4.78, 5) is 8.05. The molecule has 4 N–H and O–H groups in total. The van der Waals surface area contributed by atoms with E-state index in [-0.39, 0.29) is 12.1 Å². The number of anilines is 2. The molecule has 0 amide bonds. The molecule has 0 fully saturated rings. The standard InChI is InChI=1S/C12H22N4O/c1-4-9(5-2)10(17)7-14-11-6-8(3)15-12(13)16-11/h6,9-10,17H,4-5,7H2,1-3H3,(H3,13,14,15,16). The Balaban J connectivity index is 2.55. The number of nitrogens with zero attached hydrogens (tertiary/aromatic N) is 2. The summed E-state index contributed by atoms with van der Waals surface area (Å²) in [6, 6.07) is 1.82. The topological polar surface area (TPSA) is 84.1 Å². The lowest BCUT2D eigenvalue weighted by Crippen LogP contribution is -2.28. The number of nitrogens with one attached hydrogen (secondary N) is 1. The van der Waals surface area contributed by atoms with Crippen molar-refractivity contribution >= 4 is 11.8 Å². The molecule has 0 radical (unpaired) electrons. The molecule has 1 heterocycles. The molecule has 5 nitrogen and oxygen atoms in total. The van der Waals surface area contributed by atoms with Crippen LogP contribution in [-0.4, -0.2) is 27.7 Å². The van der Waals surface area contributed by atoms with E-state index in [1.807, 2.05) is 13.0 Å². The number of nitrogens with two attached hydrogens (primary N) is 1. The van der Waals surface area contributed by atoms with E-state index in [4.69, 9.17) is 5.73 Å². The first kappa shape index (κ1) is 13.7. The van der Waals surface area contributed by atoms with Gasteiger partial charge in [-0.25, -0.2) is 4.98 Å². The minimum Gasteiger partial charge on any atom is -0.391 e. The van der Waals surface area contributed by atoms with Crippen LogP contribution in [0.3, 0.4) is 0 Å². The second-order valence-corrected chi connectivity index (χ2v) is 4.28. The summed E-state index contributed by atoms with van der Waals surface area (Å²) in [6.45, 7) is 6.52. The first-order valence-electron chi connectivity index (χ1n) is 6.09. The van der Waals surface area contributed by atoms with Gasteiger partial charge < -0.3 is 16.2 Å². The number of aryl methyl sites for hydroxylation is 1. The second kappa shape index (κ2) is 6.39. The Morgan fingerprint density at radius 2 is 2.00 bits per heavy atom. The Morgan fingerprint density at radius 3 is 2.53 bits per heavy atom. The van der Waals surface area contributed by atoms with Crippen LogP contribution in [-0.2, 0) is 0 Å². The third kappa shape index (κ3) is 4.19. The van der Waals surface area contributed by atoms with Gasteiger partial charge in [0.15, 0.2) is 0 Å². The van der Waals surface area contributed by atoms with Crippen LogP contribution in [0.1, 0.15) is 32.4 Å². The maximum absolute atomic E-state index is 9.97. The molecule has 0 aliphatic rings. The first-order valence-corrected chi connectivity index (χ1v) is 6.09. The highest BCUT2D eigenvalue weighted by atomic mass is 16.3. The number of rotatable bonds is 6. The van der Waals surface area contributed by atoms with Crippen LogP contribution >= 0.6 is 0 Å². The van der Waals surface area contributed by atoms with E-state index in [0.717, 1.165) is 18.5 Å². The Kier molecular flexibility index (Phi) is 5.15. The fourth-order valence-electron chi connectivity index (χ4n) is 1.89. The quantitative estimate of drug-likeness (QED) is 0.700. The van der Waals surface area contributed by atoms with E-state index >= 15 is 0 Å². The van der Waals surface area contributed by atoms with Crippen molar-refractivity contribution in [2.24, 2.45) is 5.92 Å². The number of aliphatic hydroxyl groups excluding tert-OH is 1. The van der Waals surface area contributed by atoms with Crippen molar-refractivity contribution in [1.29, 1.82) is 0 Å². The summed E-state index contributed by atoms with van der Waals surface area (Å²) in [7, 11) is 0. The van der Waals surface area contributed by atoms with E-state index in [2.05, 4.69) is 29.1 Å². The molecule has 0 bridgehead atoms. The normalized spacial score (nSPS) is 12.8. The zero-order valence-corrected chi connectivity index (χ0v) is 10.8. The maximum Gasteiger partial charge on any atom is 0.222 e. The maximum atomic E-state index is 9.97. The lowest BCUT2D eigenvalue weighted by Gasteiger charge is -2.20. The van der Waals surface area contributed by atoms with E-state index in [1.54, 1.807) is 0 Å². The molecule has 0 aromatic carbocycles. The highest BCUT2D eigenvalue weighted by Gasteiger charge is 2.15. The Hall–Kier alpha value is -1.36. The smallest absolute Gasteiger partial charge is 0.222 e. The summed E-state index contributed by atoms with van der Waals surface area (Å²) < 4.78 is 0. The molecule has 1 rings (SSSR count). The van der Waals surface area contributed by atoms with Gasteiger partial charge in [0, 0.05) is 18.3 Å². The predicted molar refractivity (Wildman–Crippen MR) is 69.7 cm³/mol. The Bertz CT molecular complexity index is 332. The van der Waals surface area contributed by atoms with Crippen molar-refractivity contribution in [2.45, 2.75) is 39.7 Å². The van der Waals surface area contributed by atoms with Gasteiger partial charge in [-0.3, -0.25) is 0 Å². The van der Waals surface area contributed by atoms with Gasteiger partial charge in [0.1, 0.15) is 5.82 Å². The highest BCUT2D eigenvalue weighted by molar-refractivity contribution is 5.40. The van der Waals surface area contributed by atoms with Gasteiger partial charge >= 0.3 is 0 Å². The van der Waals surface area contributed by atoms with Crippen molar-refractivity contribution in [1.82, 2.24) is 9.97 Å². The third-order valence-corrected chi connectivity index (χ3v) is 2.96. The van der Waals surface area contributed by atoms with E-state index in [0.29, 0.717) is 18.3 Å². The molecular formula is C12H22N4O. The summed E-state index contributed by atoms with van der Waals surface area (Å²) in [6.07, 6.45) is 1.59. The zero-order chi connectivity index (χ0) is 12.8. The van der Waals surface area contributed by atoms with E-state index in [1.165, 1.54) is 0 Å². The summed E-state index contributed by atoms with van der Waals surface area (Å²) in [5.41, 5.74) is 6.37. The lowest BCUT2D eigenvalue weighted by atomic mass is 9.97. The molecule has 1 unspecified atom stereocenters. The van der Waals surface area contributed by atoms with Crippen molar-refractivity contribution in [2.75, 3.05) is 17.6 Å². The molecule has 1 atom stereocenters. The molecule has 0 saturated heterocycles. The largest absolute Gasteiger partial charge is 0.391 e. The van der Waals surface area contributed by atoms with Gasteiger partial charge in [0.05, 0.1) is 6.10 Å². The average Bonchev–Trinajstić information content (AvgIpc) is 2.27. The number of hydrogen-bond donors (Lipinski definition) is 3. The molecule has 0 aliphatic heterocycles. The summed E-state index contributed by atoms with van der Waals surface area (Å²) in [5.74, 6) is 1.24. The molecule has 5 heteroatoms. The van der Waals surface area contributed by atoms with Crippen LogP contribution in [0.5, 0.6) is 0 Å². The fraction of sp³-hybridized carbons (Fsp3) is 0.667. The predicted octanol–water partition coefficient (Wildman–Crippen LogP) is 1.58. The number of aromatic nitrogens is 2. The Labute approximate surface area is 102 Å². The van der Waals surface area contributed by atoms with Crippen molar-refractivity contribution in [3.63, 3.8) is 0 Å². The zero-order valence-electron chi connectivity index (χ0n) is 10.8. The minimum absolute atomic E-state index is 0.254. The van der Waals surface area contributed by atoms with Gasteiger partial charge in [-0.15, -0.1) is 0 Å². The van der Waals surface area contributed by atoms with Crippen LogP contribution in [0.2, 0.25) is 0 Å². The van der Waals surface area contributed by atoms with Gasteiger partial charge in [-0.05, 0) is 12.8 Å². The molecule has 1 aromatic heterocycles. The highest BCUT2D eigenvalue weighted by Crippen LogP contribution is 2.14. The van der Waals surface area contributed by atoms with Crippen molar-refractivity contribution < 1.29 is 5.11 Å². The number of nitrogen functional groups attached to an aromatic ring is 1. The van der Waals surface area contributed by atoms with E-state index in [9.17, 15) is 5.11 Å². The minimum atomic E-state index is -0.360. The van der Waals surface area contributed by atoms with Crippen LogP contribution in [0.4, 0.5) is 11.8 Å². The summed E-state index contributed by atoms with van der Waals surface area (Å²) in [5, 5.41) is 13.1.